The van der Waals surface area contributed by atoms with Crippen molar-refractivity contribution in [2.45, 2.75) is 32.7 Å². The van der Waals surface area contributed by atoms with Gasteiger partial charge in [-0.1, -0.05) is 13.8 Å². The molecule has 0 aliphatic carbocycles. The van der Waals surface area contributed by atoms with E-state index < -0.39 is 0 Å². The van der Waals surface area contributed by atoms with Crippen molar-refractivity contribution in [1.82, 2.24) is 9.97 Å². The molecule has 1 N–H and O–H groups in total. The van der Waals surface area contributed by atoms with Gasteiger partial charge in [-0.2, -0.15) is 16.7 Å². The molecule has 116 valence electrons. The first-order valence-corrected chi connectivity index (χ1v) is 9.69. The van der Waals surface area contributed by atoms with E-state index >= 15 is 0 Å². The number of aromatic nitrogens is 2. The summed E-state index contributed by atoms with van der Waals surface area (Å²) in [6, 6.07) is 2.62. The molecule has 0 amide bonds. The number of thioether (sulfide) groups is 1. The quantitative estimate of drug-likeness (QED) is 0.792. The van der Waals surface area contributed by atoms with Crippen LogP contribution in [0.2, 0.25) is 0 Å². The highest BCUT2D eigenvalue weighted by Gasteiger charge is 2.18. The smallest absolute Gasteiger partial charge is 0.226 e. The molecular formula is C15H24N4S2. The Labute approximate surface area is 135 Å². The molecule has 6 heteroatoms. The van der Waals surface area contributed by atoms with Crippen LogP contribution in [0.4, 0.5) is 11.8 Å². The Balaban J connectivity index is 2.37. The average molecular weight is 325 g/mol. The molecule has 21 heavy (non-hydrogen) atoms. The Bertz CT molecular complexity index is 570. The summed E-state index contributed by atoms with van der Waals surface area (Å²) in [4.78, 5) is 12.7. The van der Waals surface area contributed by atoms with Crippen LogP contribution in [0.5, 0.6) is 0 Å². The van der Waals surface area contributed by atoms with Crippen LogP contribution < -0.4 is 10.2 Å². The second-order valence-electron chi connectivity index (χ2n) is 5.07. The first-order chi connectivity index (χ1) is 10.2. The average Bonchev–Trinajstić information content (AvgIpc) is 2.97. The van der Waals surface area contributed by atoms with Gasteiger partial charge in [-0.05, 0) is 30.5 Å². The van der Waals surface area contributed by atoms with Gasteiger partial charge in [0.25, 0.3) is 0 Å². The Kier molecular flexibility index (Phi) is 6.11. The lowest BCUT2D eigenvalue weighted by Gasteiger charge is -2.28. The van der Waals surface area contributed by atoms with Gasteiger partial charge in [0.1, 0.15) is 10.6 Å². The molecule has 4 nitrogen and oxygen atoms in total. The maximum Gasteiger partial charge on any atom is 0.226 e. The lowest BCUT2D eigenvalue weighted by molar-refractivity contribution is 0.668. The maximum atomic E-state index is 4.76. The summed E-state index contributed by atoms with van der Waals surface area (Å²) in [6.45, 7) is 5.29. The maximum absolute atomic E-state index is 4.76. The molecule has 1 atom stereocenters. The minimum Gasteiger partial charge on any atom is -0.355 e. The number of fused-ring (bicyclic) bond motifs is 1. The van der Waals surface area contributed by atoms with E-state index in [1.54, 1.807) is 11.3 Å². The van der Waals surface area contributed by atoms with Crippen LogP contribution in [-0.2, 0) is 0 Å². The zero-order valence-corrected chi connectivity index (χ0v) is 14.9. The van der Waals surface area contributed by atoms with Gasteiger partial charge >= 0.3 is 0 Å². The normalized spacial score (nSPS) is 12.6. The van der Waals surface area contributed by atoms with Crippen molar-refractivity contribution in [2.24, 2.45) is 0 Å². The van der Waals surface area contributed by atoms with Crippen LogP contribution in [0.25, 0.3) is 10.2 Å². The predicted molar refractivity (Wildman–Crippen MR) is 97.1 cm³/mol. The van der Waals surface area contributed by atoms with E-state index in [-0.39, 0.29) is 0 Å². The van der Waals surface area contributed by atoms with E-state index in [1.807, 2.05) is 11.8 Å². The van der Waals surface area contributed by atoms with Crippen molar-refractivity contribution in [2.75, 3.05) is 35.8 Å². The summed E-state index contributed by atoms with van der Waals surface area (Å²) in [5.41, 5.74) is 0. The van der Waals surface area contributed by atoms with E-state index in [0.717, 1.165) is 47.1 Å². The molecule has 0 aliphatic rings. The zero-order chi connectivity index (χ0) is 15.2. The molecule has 2 aromatic rings. The number of anilines is 2. The Morgan fingerprint density at radius 2 is 2.19 bits per heavy atom. The van der Waals surface area contributed by atoms with Crippen molar-refractivity contribution in [3.8, 4) is 0 Å². The van der Waals surface area contributed by atoms with Crippen LogP contribution in [-0.4, -0.2) is 41.6 Å². The molecule has 0 fully saturated rings. The summed E-state index contributed by atoms with van der Waals surface area (Å²) in [5, 5.41) is 6.56. The Morgan fingerprint density at radius 3 is 2.86 bits per heavy atom. The van der Waals surface area contributed by atoms with Gasteiger partial charge in [0.15, 0.2) is 0 Å². The lowest BCUT2D eigenvalue weighted by Crippen LogP contribution is -2.34. The molecule has 0 radical (unpaired) electrons. The van der Waals surface area contributed by atoms with E-state index in [2.05, 4.69) is 53.8 Å². The fraction of sp³-hybridized carbons (Fsp3) is 0.600. The third-order valence-corrected chi connectivity index (χ3v) is 5.07. The lowest BCUT2D eigenvalue weighted by atomic mass is 10.2. The predicted octanol–water partition coefficient (Wildman–Crippen LogP) is 4.09. The van der Waals surface area contributed by atoms with Crippen molar-refractivity contribution >= 4 is 45.1 Å². The number of nitrogens with zero attached hydrogens (tertiary/aromatic N) is 3. The molecular weight excluding hydrogens is 300 g/mol. The number of hydrogen-bond donors (Lipinski definition) is 1. The van der Waals surface area contributed by atoms with Crippen LogP contribution in [0, 0.1) is 0 Å². The van der Waals surface area contributed by atoms with E-state index in [4.69, 9.17) is 4.98 Å². The minimum atomic E-state index is 0.497. The van der Waals surface area contributed by atoms with Crippen molar-refractivity contribution < 1.29 is 0 Å². The monoisotopic (exact) mass is 324 g/mol. The van der Waals surface area contributed by atoms with Crippen LogP contribution in [0.3, 0.4) is 0 Å². The Morgan fingerprint density at radius 1 is 1.38 bits per heavy atom. The molecule has 2 rings (SSSR count). The summed E-state index contributed by atoms with van der Waals surface area (Å²) >= 11 is 3.56. The number of rotatable bonds is 8. The highest BCUT2D eigenvalue weighted by molar-refractivity contribution is 7.98. The molecule has 0 aromatic carbocycles. The topological polar surface area (TPSA) is 41.1 Å². The molecule has 0 saturated heterocycles. The van der Waals surface area contributed by atoms with Crippen molar-refractivity contribution in [3.05, 3.63) is 11.4 Å². The van der Waals surface area contributed by atoms with Crippen molar-refractivity contribution in [1.29, 1.82) is 0 Å². The Hall–Kier alpha value is -1.01. The zero-order valence-electron chi connectivity index (χ0n) is 13.2. The standard InChI is InChI=1S/C15H24N4S2/c1-5-8-16-15-17-13(12-7-9-21-14(12)18-15)19(3)11(6-2)10-20-4/h7,9,11H,5-6,8,10H2,1-4H3,(H,16,17,18). The minimum absolute atomic E-state index is 0.497. The van der Waals surface area contributed by atoms with Gasteiger partial charge in [-0.3, -0.25) is 0 Å². The highest BCUT2D eigenvalue weighted by Crippen LogP contribution is 2.30. The first kappa shape index (κ1) is 16.4. The SMILES string of the molecule is CCCNc1nc(N(C)C(CC)CSC)c2ccsc2n1. The summed E-state index contributed by atoms with van der Waals surface area (Å²) in [6.07, 6.45) is 4.34. The fourth-order valence-corrected chi connectivity index (χ4v) is 3.90. The van der Waals surface area contributed by atoms with Crippen LogP contribution >= 0.6 is 23.1 Å². The molecule has 1 unspecified atom stereocenters. The third kappa shape index (κ3) is 3.80. The van der Waals surface area contributed by atoms with Gasteiger partial charge in [-0.25, -0.2) is 4.98 Å². The molecule has 0 aliphatic heterocycles. The number of thiophene rings is 1. The molecule has 0 saturated carbocycles. The third-order valence-electron chi connectivity index (χ3n) is 3.55. The number of hydrogen-bond acceptors (Lipinski definition) is 6. The molecule has 2 heterocycles. The van der Waals surface area contributed by atoms with Gasteiger partial charge in [0.05, 0.1) is 5.39 Å². The molecule has 2 aromatic heterocycles. The molecule has 0 spiro atoms. The second kappa shape index (κ2) is 7.84. The van der Waals surface area contributed by atoms with Gasteiger partial charge in [-0.15, -0.1) is 11.3 Å². The van der Waals surface area contributed by atoms with Gasteiger partial charge in [0, 0.05) is 25.4 Å². The summed E-state index contributed by atoms with van der Waals surface area (Å²) in [7, 11) is 2.15. The highest BCUT2D eigenvalue weighted by atomic mass is 32.2. The van der Waals surface area contributed by atoms with E-state index in [9.17, 15) is 0 Å². The fourth-order valence-electron chi connectivity index (χ4n) is 2.29. The van der Waals surface area contributed by atoms with Gasteiger partial charge in [0.2, 0.25) is 5.95 Å². The summed E-state index contributed by atoms with van der Waals surface area (Å²) < 4.78 is 0. The van der Waals surface area contributed by atoms with Gasteiger partial charge < -0.3 is 10.2 Å². The summed E-state index contributed by atoms with van der Waals surface area (Å²) in [5.74, 6) is 2.90. The largest absolute Gasteiger partial charge is 0.355 e. The first-order valence-electron chi connectivity index (χ1n) is 7.42. The van der Waals surface area contributed by atoms with E-state index in [0.29, 0.717) is 6.04 Å². The van der Waals surface area contributed by atoms with Crippen molar-refractivity contribution in [3.63, 3.8) is 0 Å². The molecule has 0 bridgehead atoms. The van der Waals surface area contributed by atoms with E-state index in [1.165, 1.54) is 0 Å². The number of nitrogens with one attached hydrogen (secondary N) is 1. The van der Waals surface area contributed by atoms with Crippen LogP contribution in [0.1, 0.15) is 26.7 Å². The van der Waals surface area contributed by atoms with Crippen LogP contribution in [0.15, 0.2) is 11.4 Å². The second-order valence-corrected chi connectivity index (χ2v) is 6.87.